The van der Waals surface area contributed by atoms with Crippen LogP contribution in [-0.4, -0.2) is 21.7 Å². The first kappa shape index (κ1) is 11.4. The molecular formula is C11H15N5O. The molecule has 0 atom stereocenters. The van der Waals surface area contributed by atoms with E-state index in [0.717, 1.165) is 29.7 Å². The van der Waals surface area contributed by atoms with Gasteiger partial charge in [0.25, 0.3) is 0 Å². The molecule has 0 unspecified atom stereocenters. The second-order valence-electron chi connectivity index (χ2n) is 3.56. The topological polar surface area (TPSA) is 75.9 Å². The summed E-state index contributed by atoms with van der Waals surface area (Å²) in [5.41, 5.74) is 0.839. The number of hydrogen-bond donors (Lipinski definition) is 2. The van der Waals surface area contributed by atoms with Gasteiger partial charge in [0.15, 0.2) is 0 Å². The molecular weight excluding hydrogens is 218 g/mol. The molecule has 0 aliphatic carbocycles. The van der Waals surface area contributed by atoms with Crippen LogP contribution < -0.4 is 10.6 Å². The Morgan fingerprint density at radius 3 is 2.65 bits per heavy atom. The highest BCUT2D eigenvalue weighted by atomic mass is 16.5. The minimum Gasteiger partial charge on any atom is -0.370 e. The third kappa shape index (κ3) is 3.17. The highest BCUT2D eigenvalue weighted by molar-refractivity contribution is 5.47. The first-order valence-corrected chi connectivity index (χ1v) is 5.50. The van der Waals surface area contributed by atoms with Crippen molar-refractivity contribution < 1.29 is 4.52 Å². The Morgan fingerprint density at radius 2 is 2.00 bits per heavy atom. The average Bonchev–Trinajstić information content (AvgIpc) is 2.79. The van der Waals surface area contributed by atoms with E-state index in [1.807, 2.05) is 26.0 Å². The zero-order chi connectivity index (χ0) is 12.1. The van der Waals surface area contributed by atoms with Crippen molar-refractivity contribution in [3.8, 4) is 0 Å². The number of hydrogen-bond acceptors (Lipinski definition) is 6. The van der Waals surface area contributed by atoms with Gasteiger partial charge in [-0.25, -0.2) is 9.97 Å². The smallest absolute Gasteiger partial charge is 0.132 e. The summed E-state index contributed by atoms with van der Waals surface area (Å²) in [6, 6.07) is 3.68. The van der Waals surface area contributed by atoms with Crippen LogP contribution in [0.4, 0.5) is 11.6 Å². The molecule has 17 heavy (non-hydrogen) atoms. The molecule has 0 radical (unpaired) electrons. The van der Waals surface area contributed by atoms with E-state index in [1.54, 1.807) is 6.26 Å². The van der Waals surface area contributed by atoms with Crippen LogP contribution in [0.25, 0.3) is 0 Å². The van der Waals surface area contributed by atoms with Crippen LogP contribution in [0.2, 0.25) is 0 Å². The van der Waals surface area contributed by atoms with Gasteiger partial charge in [-0.1, -0.05) is 5.16 Å². The lowest BCUT2D eigenvalue weighted by molar-refractivity contribution is 0.412. The minimum atomic E-state index is 0.582. The van der Waals surface area contributed by atoms with Crippen molar-refractivity contribution in [3.63, 3.8) is 0 Å². The van der Waals surface area contributed by atoms with E-state index in [2.05, 4.69) is 25.8 Å². The first-order valence-electron chi connectivity index (χ1n) is 5.50. The molecule has 0 spiro atoms. The molecule has 0 saturated carbocycles. The molecule has 6 heteroatoms. The predicted molar refractivity (Wildman–Crippen MR) is 64.8 cm³/mol. The molecule has 0 aromatic carbocycles. The van der Waals surface area contributed by atoms with Crippen LogP contribution in [0.5, 0.6) is 0 Å². The molecule has 0 bridgehead atoms. The standard InChI is InChI=1S/C11H15N5O/c1-3-12-10-6-11(15-8(2)14-10)13-7-9-4-5-17-16-9/h4-6H,3,7H2,1-2H3,(H2,12,13,14,15). The molecule has 2 aromatic heterocycles. The van der Waals surface area contributed by atoms with Crippen molar-refractivity contribution in [1.29, 1.82) is 0 Å². The van der Waals surface area contributed by atoms with Crippen LogP contribution in [0.1, 0.15) is 18.4 Å². The summed E-state index contributed by atoms with van der Waals surface area (Å²) in [5.74, 6) is 2.32. The van der Waals surface area contributed by atoms with Crippen LogP contribution >= 0.6 is 0 Å². The van der Waals surface area contributed by atoms with Gasteiger partial charge < -0.3 is 15.2 Å². The number of nitrogens with zero attached hydrogens (tertiary/aromatic N) is 3. The Hall–Kier alpha value is -2.11. The molecule has 2 aromatic rings. The highest BCUT2D eigenvalue weighted by Gasteiger charge is 2.02. The number of nitrogens with one attached hydrogen (secondary N) is 2. The summed E-state index contributed by atoms with van der Waals surface area (Å²) in [5, 5.41) is 10.1. The number of rotatable bonds is 5. The Morgan fingerprint density at radius 1 is 1.24 bits per heavy atom. The molecule has 2 N–H and O–H groups in total. The van der Waals surface area contributed by atoms with Gasteiger partial charge in [-0.2, -0.15) is 0 Å². The van der Waals surface area contributed by atoms with Crippen molar-refractivity contribution in [2.24, 2.45) is 0 Å². The second kappa shape index (κ2) is 5.29. The fraction of sp³-hybridized carbons (Fsp3) is 0.364. The third-order valence-electron chi connectivity index (χ3n) is 2.14. The first-order chi connectivity index (χ1) is 8.28. The van der Waals surface area contributed by atoms with Crippen LogP contribution in [0.3, 0.4) is 0 Å². The lowest BCUT2D eigenvalue weighted by Crippen LogP contribution is -2.06. The van der Waals surface area contributed by atoms with Gasteiger partial charge in [0, 0.05) is 18.7 Å². The predicted octanol–water partition coefficient (Wildman–Crippen LogP) is 1.82. The normalized spacial score (nSPS) is 10.2. The maximum Gasteiger partial charge on any atom is 0.132 e. The molecule has 0 aliphatic rings. The van der Waals surface area contributed by atoms with Crippen molar-refractivity contribution in [2.45, 2.75) is 20.4 Å². The van der Waals surface area contributed by atoms with Gasteiger partial charge in [-0.3, -0.25) is 0 Å². The quantitative estimate of drug-likeness (QED) is 0.820. The van der Waals surface area contributed by atoms with E-state index < -0.39 is 0 Å². The molecule has 6 nitrogen and oxygen atoms in total. The van der Waals surface area contributed by atoms with E-state index in [-0.39, 0.29) is 0 Å². The lowest BCUT2D eigenvalue weighted by Gasteiger charge is -2.07. The van der Waals surface area contributed by atoms with Gasteiger partial charge in [-0.05, 0) is 13.8 Å². The monoisotopic (exact) mass is 233 g/mol. The molecule has 0 saturated heterocycles. The van der Waals surface area contributed by atoms with E-state index >= 15 is 0 Å². The lowest BCUT2D eigenvalue weighted by atomic mass is 10.4. The molecule has 0 amide bonds. The molecule has 90 valence electrons. The summed E-state index contributed by atoms with van der Waals surface area (Å²) >= 11 is 0. The fourth-order valence-electron chi connectivity index (χ4n) is 1.44. The maximum absolute atomic E-state index is 4.75. The summed E-state index contributed by atoms with van der Waals surface area (Å²) in [4.78, 5) is 8.57. The minimum absolute atomic E-state index is 0.582. The Kier molecular flexibility index (Phi) is 3.54. The molecule has 0 fully saturated rings. The fourth-order valence-corrected chi connectivity index (χ4v) is 1.44. The summed E-state index contributed by atoms with van der Waals surface area (Å²) in [6.07, 6.45) is 1.55. The Labute approximate surface area is 99.5 Å². The van der Waals surface area contributed by atoms with Crippen molar-refractivity contribution >= 4 is 11.6 Å². The number of anilines is 2. The SMILES string of the molecule is CCNc1cc(NCc2ccon2)nc(C)n1. The van der Waals surface area contributed by atoms with E-state index in [1.165, 1.54) is 0 Å². The Bertz CT molecular complexity index is 469. The van der Waals surface area contributed by atoms with Gasteiger partial charge >= 0.3 is 0 Å². The molecule has 2 rings (SSSR count). The maximum atomic E-state index is 4.75. The van der Waals surface area contributed by atoms with Crippen LogP contribution in [0, 0.1) is 6.92 Å². The summed E-state index contributed by atoms with van der Waals surface area (Å²) < 4.78 is 4.75. The average molecular weight is 233 g/mol. The molecule has 2 heterocycles. The van der Waals surface area contributed by atoms with Crippen molar-refractivity contribution in [2.75, 3.05) is 17.2 Å². The van der Waals surface area contributed by atoms with E-state index in [0.29, 0.717) is 6.54 Å². The molecule has 0 aliphatic heterocycles. The van der Waals surface area contributed by atoms with E-state index in [4.69, 9.17) is 4.52 Å². The number of aryl methyl sites for hydroxylation is 1. The van der Waals surface area contributed by atoms with Crippen molar-refractivity contribution in [3.05, 3.63) is 29.9 Å². The second-order valence-corrected chi connectivity index (χ2v) is 3.56. The Balaban J connectivity index is 2.04. The summed E-state index contributed by atoms with van der Waals surface area (Å²) in [6.45, 7) is 5.31. The van der Waals surface area contributed by atoms with Crippen LogP contribution in [0.15, 0.2) is 22.9 Å². The van der Waals surface area contributed by atoms with Crippen LogP contribution in [-0.2, 0) is 6.54 Å². The zero-order valence-corrected chi connectivity index (χ0v) is 9.90. The highest BCUT2D eigenvalue weighted by Crippen LogP contribution is 2.11. The van der Waals surface area contributed by atoms with Gasteiger partial charge in [0.1, 0.15) is 29.4 Å². The third-order valence-corrected chi connectivity index (χ3v) is 2.14. The summed E-state index contributed by atoms with van der Waals surface area (Å²) in [7, 11) is 0. The van der Waals surface area contributed by atoms with Gasteiger partial charge in [-0.15, -0.1) is 0 Å². The largest absolute Gasteiger partial charge is 0.370 e. The van der Waals surface area contributed by atoms with Gasteiger partial charge in [0.05, 0.1) is 6.54 Å². The van der Waals surface area contributed by atoms with E-state index in [9.17, 15) is 0 Å². The van der Waals surface area contributed by atoms with Crippen molar-refractivity contribution in [1.82, 2.24) is 15.1 Å². The zero-order valence-electron chi connectivity index (χ0n) is 9.90. The van der Waals surface area contributed by atoms with Gasteiger partial charge in [0.2, 0.25) is 0 Å². The number of aromatic nitrogens is 3.